The first-order valence-electron chi connectivity index (χ1n) is 4.65. The lowest BCUT2D eigenvalue weighted by molar-refractivity contribution is -0.0164. The van der Waals surface area contributed by atoms with Crippen LogP contribution >= 0.6 is 15.9 Å². The van der Waals surface area contributed by atoms with Crippen LogP contribution in [-0.2, 0) is 22.6 Å². The van der Waals surface area contributed by atoms with Crippen LogP contribution in [0, 0.1) is 0 Å². The third kappa shape index (κ3) is 2.49. The number of hydrogen-bond donors (Lipinski definition) is 1. The maximum atomic E-state index is 5.38. The average molecular weight is 274 g/mol. The molecule has 0 aromatic heterocycles. The lowest BCUT2D eigenvalue weighted by Gasteiger charge is -2.19. The number of ether oxygens (including phenoxy) is 2. The van der Waals surface area contributed by atoms with Gasteiger partial charge in [-0.1, -0.05) is 15.9 Å². The molecule has 0 aliphatic carbocycles. The zero-order valence-electron chi connectivity index (χ0n) is 8.16. The van der Waals surface area contributed by atoms with Crippen molar-refractivity contribution < 1.29 is 14.3 Å². The van der Waals surface area contributed by atoms with E-state index >= 15 is 0 Å². The van der Waals surface area contributed by atoms with Gasteiger partial charge in [0.2, 0.25) is 0 Å². The number of fused-ring (bicyclic) bond motifs is 1. The van der Waals surface area contributed by atoms with E-state index in [2.05, 4.69) is 20.8 Å². The normalized spacial score (nSPS) is 14.5. The highest BCUT2D eigenvalue weighted by atomic mass is 79.9. The van der Waals surface area contributed by atoms with Crippen LogP contribution in [0.4, 0.5) is 0 Å². The predicted octanol–water partition coefficient (Wildman–Crippen LogP) is 1.75. The van der Waals surface area contributed by atoms with Crippen molar-refractivity contribution in [1.29, 1.82) is 0 Å². The molecule has 1 aliphatic heterocycles. The fourth-order valence-electron chi connectivity index (χ4n) is 1.50. The molecule has 0 saturated carbocycles. The molecule has 1 aromatic carbocycles. The third-order valence-corrected chi connectivity index (χ3v) is 3.01. The van der Waals surface area contributed by atoms with Gasteiger partial charge in [-0.15, -0.1) is 0 Å². The van der Waals surface area contributed by atoms with Gasteiger partial charge in [0.25, 0.3) is 0 Å². The van der Waals surface area contributed by atoms with Crippen molar-refractivity contribution in [2.24, 2.45) is 5.90 Å². The predicted molar refractivity (Wildman–Crippen MR) is 58.3 cm³/mol. The molecule has 1 aliphatic rings. The van der Waals surface area contributed by atoms with E-state index in [0.717, 1.165) is 27.8 Å². The van der Waals surface area contributed by atoms with Crippen molar-refractivity contribution in [3.05, 3.63) is 27.7 Å². The van der Waals surface area contributed by atoms with Gasteiger partial charge < -0.3 is 14.3 Å². The van der Waals surface area contributed by atoms with Crippen molar-refractivity contribution in [1.82, 2.24) is 0 Å². The molecule has 2 rings (SSSR count). The number of benzene rings is 1. The Bertz CT molecular complexity index is 357. The Hall–Kier alpha value is -0.620. The van der Waals surface area contributed by atoms with E-state index in [-0.39, 0.29) is 0 Å². The molecule has 0 bridgehead atoms. The fourth-order valence-corrected chi connectivity index (χ4v) is 2.09. The van der Waals surface area contributed by atoms with Gasteiger partial charge in [-0.3, -0.25) is 0 Å². The first kappa shape index (κ1) is 10.9. The highest BCUT2D eigenvalue weighted by Gasteiger charge is 2.13. The van der Waals surface area contributed by atoms with E-state index in [1.165, 1.54) is 0 Å². The standard InChI is InChI=1S/C10H12BrNO3/c11-9-3-8-5-13-6-14-10(8)4-7(9)1-2-15-12/h3-4H,1-2,5-6,12H2. The quantitative estimate of drug-likeness (QED) is 0.853. The molecule has 15 heavy (non-hydrogen) atoms. The molecule has 82 valence electrons. The molecule has 0 unspecified atom stereocenters. The van der Waals surface area contributed by atoms with Crippen molar-refractivity contribution in [2.45, 2.75) is 13.0 Å². The molecule has 4 nitrogen and oxygen atoms in total. The Morgan fingerprint density at radius 2 is 2.33 bits per heavy atom. The van der Waals surface area contributed by atoms with E-state index in [1.807, 2.05) is 12.1 Å². The van der Waals surface area contributed by atoms with Crippen LogP contribution in [0.5, 0.6) is 5.75 Å². The molecule has 0 saturated heterocycles. The molecule has 0 fully saturated rings. The summed E-state index contributed by atoms with van der Waals surface area (Å²) < 4.78 is 11.6. The average Bonchev–Trinajstić information content (AvgIpc) is 2.26. The molecular formula is C10H12BrNO3. The van der Waals surface area contributed by atoms with Crippen LogP contribution in [0.2, 0.25) is 0 Å². The maximum Gasteiger partial charge on any atom is 0.189 e. The minimum atomic E-state index is 0.321. The summed E-state index contributed by atoms with van der Waals surface area (Å²) in [5.74, 6) is 5.88. The number of hydrogen-bond acceptors (Lipinski definition) is 4. The van der Waals surface area contributed by atoms with E-state index in [0.29, 0.717) is 20.0 Å². The summed E-state index contributed by atoms with van der Waals surface area (Å²) in [6.45, 7) is 1.41. The van der Waals surface area contributed by atoms with Crippen LogP contribution in [0.25, 0.3) is 0 Å². The Morgan fingerprint density at radius 3 is 3.13 bits per heavy atom. The summed E-state index contributed by atoms with van der Waals surface area (Å²) in [6.07, 6.45) is 0.759. The smallest absolute Gasteiger partial charge is 0.189 e. The van der Waals surface area contributed by atoms with Crippen molar-refractivity contribution in [3.63, 3.8) is 0 Å². The lowest BCUT2D eigenvalue weighted by Crippen LogP contribution is -2.12. The van der Waals surface area contributed by atoms with Gasteiger partial charge in [-0.25, -0.2) is 5.90 Å². The van der Waals surface area contributed by atoms with Crippen LogP contribution < -0.4 is 10.6 Å². The van der Waals surface area contributed by atoms with Gasteiger partial charge in [-0.2, -0.15) is 0 Å². The van der Waals surface area contributed by atoms with Crippen LogP contribution in [-0.4, -0.2) is 13.4 Å². The largest absolute Gasteiger partial charge is 0.467 e. The SMILES string of the molecule is NOCCc1cc2c(cc1Br)COCO2. The number of halogens is 1. The van der Waals surface area contributed by atoms with Crippen molar-refractivity contribution in [3.8, 4) is 5.75 Å². The molecule has 0 amide bonds. The highest BCUT2D eigenvalue weighted by Crippen LogP contribution is 2.30. The second-order valence-corrected chi connectivity index (χ2v) is 4.14. The van der Waals surface area contributed by atoms with Gasteiger partial charge >= 0.3 is 0 Å². The summed E-state index contributed by atoms with van der Waals surface area (Å²) in [6, 6.07) is 4.02. The molecule has 1 heterocycles. The first-order chi connectivity index (χ1) is 7.31. The van der Waals surface area contributed by atoms with E-state index < -0.39 is 0 Å². The molecule has 0 radical (unpaired) electrons. The minimum absolute atomic E-state index is 0.321. The first-order valence-corrected chi connectivity index (χ1v) is 5.44. The summed E-state index contributed by atoms with van der Waals surface area (Å²) in [7, 11) is 0. The van der Waals surface area contributed by atoms with Gasteiger partial charge in [0, 0.05) is 10.0 Å². The Morgan fingerprint density at radius 1 is 1.47 bits per heavy atom. The van der Waals surface area contributed by atoms with Crippen LogP contribution in [0.15, 0.2) is 16.6 Å². The summed E-state index contributed by atoms with van der Waals surface area (Å²) in [4.78, 5) is 4.56. The zero-order valence-corrected chi connectivity index (χ0v) is 9.75. The molecule has 1 aromatic rings. The highest BCUT2D eigenvalue weighted by molar-refractivity contribution is 9.10. The molecule has 0 atom stereocenters. The second-order valence-electron chi connectivity index (χ2n) is 3.28. The minimum Gasteiger partial charge on any atom is -0.467 e. The summed E-state index contributed by atoms with van der Waals surface area (Å²) >= 11 is 3.50. The Labute approximate surface area is 96.4 Å². The molecule has 5 heteroatoms. The van der Waals surface area contributed by atoms with E-state index in [4.69, 9.17) is 15.4 Å². The maximum absolute atomic E-state index is 5.38. The molecule has 2 N–H and O–H groups in total. The van der Waals surface area contributed by atoms with Gasteiger partial charge in [0.05, 0.1) is 13.2 Å². The third-order valence-electron chi connectivity index (χ3n) is 2.27. The van der Waals surface area contributed by atoms with Gasteiger partial charge in [0.15, 0.2) is 6.79 Å². The lowest BCUT2D eigenvalue weighted by atomic mass is 10.1. The second kappa shape index (κ2) is 4.94. The molecule has 0 spiro atoms. The monoisotopic (exact) mass is 273 g/mol. The zero-order chi connectivity index (χ0) is 10.7. The summed E-state index contributed by atoms with van der Waals surface area (Å²) in [5.41, 5.74) is 2.19. The number of nitrogens with two attached hydrogens (primary N) is 1. The van der Waals surface area contributed by atoms with Gasteiger partial charge in [-0.05, 0) is 24.1 Å². The van der Waals surface area contributed by atoms with Crippen LogP contribution in [0.1, 0.15) is 11.1 Å². The van der Waals surface area contributed by atoms with Crippen molar-refractivity contribution >= 4 is 15.9 Å². The Balaban J connectivity index is 2.24. The van der Waals surface area contributed by atoms with Gasteiger partial charge in [0.1, 0.15) is 5.75 Å². The van der Waals surface area contributed by atoms with E-state index in [9.17, 15) is 0 Å². The van der Waals surface area contributed by atoms with Crippen molar-refractivity contribution in [2.75, 3.05) is 13.4 Å². The topological polar surface area (TPSA) is 53.7 Å². The Kier molecular flexibility index (Phi) is 3.58. The van der Waals surface area contributed by atoms with Crippen LogP contribution in [0.3, 0.4) is 0 Å². The molecular weight excluding hydrogens is 262 g/mol. The van der Waals surface area contributed by atoms with E-state index in [1.54, 1.807) is 0 Å². The summed E-state index contributed by atoms with van der Waals surface area (Å²) in [5, 5.41) is 0. The fraction of sp³-hybridized carbons (Fsp3) is 0.400. The number of rotatable bonds is 3.